The maximum atomic E-state index is 13.7. The van der Waals surface area contributed by atoms with Crippen LogP contribution in [0.3, 0.4) is 0 Å². The number of allylic oxidation sites excluding steroid dienone is 2. The van der Waals surface area contributed by atoms with Crippen molar-refractivity contribution in [1.29, 1.82) is 0 Å². The highest BCUT2D eigenvalue weighted by Crippen LogP contribution is 2.41. The van der Waals surface area contributed by atoms with Gasteiger partial charge in [-0.25, -0.2) is 4.79 Å². The van der Waals surface area contributed by atoms with Gasteiger partial charge in [0, 0.05) is 28.5 Å². The third kappa shape index (κ3) is 7.55. The molecule has 0 fully saturated rings. The van der Waals surface area contributed by atoms with Crippen LogP contribution in [0.15, 0.2) is 71.5 Å². The molecule has 0 saturated carbocycles. The minimum Gasteiger partial charge on any atom is -0.493 e. The quantitative estimate of drug-likeness (QED) is 0.309. The fourth-order valence-corrected chi connectivity index (χ4v) is 4.59. The Hall–Kier alpha value is -3.40. The number of carboxylic acids is 1. The molecule has 0 spiro atoms. The summed E-state index contributed by atoms with van der Waals surface area (Å²) in [5.41, 5.74) is 7.47. The van der Waals surface area contributed by atoms with Gasteiger partial charge in [0.15, 0.2) is 0 Å². The van der Waals surface area contributed by atoms with Gasteiger partial charge in [-0.05, 0) is 42.7 Å². The Bertz CT molecular complexity index is 1210. The largest absolute Gasteiger partial charge is 0.493 e. The van der Waals surface area contributed by atoms with Crippen molar-refractivity contribution in [2.75, 3.05) is 6.61 Å². The summed E-state index contributed by atoms with van der Waals surface area (Å²) in [5, 5.41) is 12.7. The van der Waals surface area contributed by atoms with Crippen molar-refractivity contribution >= 4 is 17.7 Å². The van der Waals surface area contributed by atoms with Gasteiger partial charge < -0.3 is 15.6 Å². The molecule has 2 aromatic carbocycles. The zero-order valence-electron chi connectivity index (χ0n) is 20.0. The molecule has 0 bridgehead atoms. The second kappa shape index (κ2) is 12.0. The number of hydrogen-bond acceptors (Lipinski definition) is 5. The molecule has 1 unspecified atom stereocenters. The average Bonchev–Trinajstić information content (AvgIpc) is 3.31. The van der Waals surface area contributed by atoms with E-state index in [2.05, 4.69) is 5.10 Å². The molecule has 3 N–H and O–H groups in total. The number of ether oxygens (including phenoxy) is 1. The first kappa shape index (κ1) is 27.2. The van der Waals surface area contributed by atoms with Crippen LogP contribution in [-0.4, -0.2) is 27.5 Å². The Morgan fingerprint density at radius 1 is 1.22 bits per heavy atom. The van der Waals surface area contributed by atoms with Gasteiger partial charge >= 0.3 is 12.1 Å². The number of hydrogen-bond donors (Lipinski definition) is 2. The van der Waals surface area contributed by atoms with E-state index >= 15 is 0 Å². The maximum Gasteiger partial charge on any atom is 0.416 e. The van der Waals surface area contributed by atoms with Crippen molar-refractivity contribution in [3.8, 4) is 5.75 Å². The molecule has 192 valence electrons. The van der Waals surface area contributed by atoms with Gasteiger partial charge in [0.25, 0.3) is 0 Å². The van der Waals surface area contributed by atoms with Gasteiger partial charge in [-0.3, -0.25) is 4.68 Å². The van der Waals surface area contributed by atoms with Crippen molar-refractivity contribution in [2.45, 2.75) is 44.7 Å². The van der Waals surface area contributed by atoms with Crippen LogP contribution in [0.25, 0.3) is 0 Å². The number of alkyl halides is 3. The summed E-state index contributed by atoms with van der Waals surface area (Å²) >= 11 is 1.36. The van der Waals surface area contributed by atoms with Crippen LogP contribution in [0.4, 0.5) is 13.2 Å². The SMILES string of the molecule is CCC(S/C(C)=C(\N)Cn1cc(C(=O)O)cn1)c1cc(OCCc2ccccc2)cc(C(F)(F)F)c1. The molecule has 1 atom stereocenters. The Morgan fingerprint density at radius 3 is 2.56 bits per heavy atom. The molecule has 0 amide bonds. The molecule has 3 aromatic rings. The molecule has 0 saturated heterocycles. The van der Waals surface area contributed by atoms with Crippen molar-refractivity contribution in [1.82, 2.24) is 9.78 Å². The van der Waals surface area contributed by atoms with Crippen molar-refractivity contribution in [3.63, 3.8) is 0 Å². The topological polar surface area (TPSA) is 90.4 Å². The van der Waals surface area contributed by atoms with Crippen LogP contribution in [0.1, 0.15) is 52.6 Å². The van der Waals surface area contributed by atoms with Crippen LogP contribution < -0.4 is 10.5 Å². The van der Waals surface area contributed by atoms with E-state index in [-0.39, 0.29) is 29.7 Å². The van der Waals surface area contributed by atoms with E-state index in [1.54, 1.807) is 13.0 Å². The number of nitrogens with zero attached hydrogens (tertiary/aromatic N) is 2. The molecule has 3 rings (SSSR count). The molecule has 0 aliphatic heterocycles. The number of nitrogens with two attached hydrogens (primary N) is 1. The highest BCUT2D eigenvalue weighted by Gasteiger charge is 2.32. The summed E-state index contributed by atoms with van der Waals surface area (Å²) in [7, 11) is 0. The van der Waals surface area contributed by atoms with Gasteiger partial charge in [0.2, 0.25) is 0 Å². The summed E-state index contributed by atoms with van der Waals surface area (Å²) in [6, 6.07) is 13.4. The molecule has 0 aliphatic carbocycles. The van der Waals surface area contributed by atoms with Gasteiger partial charge in [-0.2, -0.15) is 18.3 Å². The van der Waals surface area contributed by atoms with Gasteiger partial charge in [0.1, 0.15) is 5.75 Å². The lowest BCUT2D eigenvalue weighted by Crippen LogP contribution is -2.11. The number of rotatable bonds is 11. The molecule has 0 aliphatic rings. The summed E-state index contributed by atoms with van der Waals surface area (Å²) in [6.45, 7) is 4.10. The smallest absolute Gasteiger partial charge is 0.416 e. The number of carboxylic acid groups (broad SMARTS) is 1. The zero-order chi connectivity index (χ0) is 26.3. The Morgan fingerprint density at radius 2 is 1.94 bits per heavy atom. The molecule has 6 nitrogen and oxygen atoms in total. The highest BCUT2D eigenvalue weighted by molar-refractivity contribution is 8.03. The lowest BCUT2D eigenvalue weighted by atomic mass is 10.1. The summed E-state index contributed by atoms with van der Waals surface area (Å²) in [4.78, 5) is 11.8. The lowest BCUT2D eigenvalue weighted by Gasteiger charge is -2.20. The van der Waals surface area contributed by atoms with Crippen molar-refractivity contribution < 1.29 is 27.8 Å². The second-order valence-corrected chi connectivity index (χ2v) is 9.62. The number of thioether (sulfide) groups is 1. The predicted molar refractivity (Wildman–Crippen MR) is 134 cm³/mol. The minimum atomic E-state index is -4.51. The van der Waals surface area contributed by atoms with E-state index in [4.69, 9.17) is 15.6 Å². The third-order valence-corrected chi connectivity index (χ3v) is 6.99. The predicted octanol–water partition coefficient (Wildman–Crippen LogP) is 6.30. The van der Waals surface area contributed by atoms with Crippen molar-refractivity contribution in [3.05, 3.63) is 93.8 Å². The highest BCUT2D eigenvalue weighted by atomic mass is 32.2. The number of carbonyl (C=O) groups is 1. The van der Waals surface area contributed by atoms with E-state index < -0.39 is 17.7 Å². The maximum absolute atomic E-state index is 13.7. The van der Waals surface area contributed by atoms with Crippen LogP contribution in [0.2, 0.25) is 0 Å². The zero-order valence-corrected chi connectivity index (χ0v) is 20.8. The number of benzene rings is 2. The van der Waals surface area contributed by atoms with Crippen LogP contribution in [0, 0.1) is 0 Å². The van der Waals surface area contributed by atoms with E-state index in [0.29, 0.717) is 24.1 Å². The average molecular weight is 520 g/mol. The van der Waals surface area contributed by atoms with Crippen LogP contribution >= 0.6 is 11.8 Å². The van der Waals surface area contributed by atoms with E-state index in [0.717, 1.165) is 22.6 Å². The monoisotopic (exact) mass is 519 g/mol. The molecule has 1 heterocycles. The number of aromatic nitrogens is 2. The number of halogens is 3. The normalized spacial score (nSPS) is 13.2. The molecule has 10 heteroatoms. The third-order valence-electron chi connectivity index (χ3n) is 5.48. The molecule has 0 radical (unpaired) electrons. The summed E-state index contributed by atoms with van der Waals surface area (Å²) in [6.07, 6.45) is -0.772. The van der Waals surface area contributed by atoms with Gasteiger partial charge in [-0.15, -0.1) is 11.8 Å². The first-order valence-electron chi connectivity index (χ1n) is 11.3. The lowest BCUT2D eigenvalue weighted by molar-refractivity contribution is -0.137. The van der Waals surface area contributed by atoms with E-state index in [9.17, 15) is 18.0 Å². The second-order valence-electron chi connectivity index (χ2n) is 8.20. The van der Waals surface area contributed by atoms with Crippen LogP contribution in [0.5, 0.6) is 5.75 Å². The minimum absolute atomic E-state index is 0.0447. The van der Waals surface area contributed by atoms with Crippen molar-refractivity contribution in [2.24, 2.45) is 5.73 Å². The van der Waals surface area contributed by atoms with Gasteiger partial charge in [-0.1, -0.05) is 37.3 Å². The first-order valence-corrected chi connectivity index (χ1v) is 12.2. The standard InChI is InChI=1S/C26H28F3N3O3S/c1-3-24(36-17(2)23(30)16-32-15-20(14-31-32)25(33)34)19-11-21(26(27,28)29)13-22(12-19)35-10-9-18-7-5-4-6-8-18/h4-8,11-15,24H,3,9-10,16,30H2,1-2H3,(H,33,34)/b23-17-. The molecular weight excluding hydrogens is 491 g/mol. The van der Waals surface area contributed by atoms with E-state index in [1.807, 2.05) is 37.3 Å². The summed E-state index contributed by atoms with van der Waals surface area (Å²) in [5.74, 6) is -0.922. The molecule has 1 aromatic heterocycles. The summed E-state index contributed by atoms with van der Waals surface area (Å²) < 4.78 is 48.1. The Balaban J connectivity index is 1.78. The first-order chi connectivity index (χ1) is 17.1. The Labute approximate surface area is 212 Å². The fraction of sp³-hybridized carbons (Fsp3) is 0.308. The number of aromatic carboxylic acids is 1. The van der Waals surface area contributed by atoms with Crippen LogP contribution in [-0.2, 0) is 19.1 Å². The molecular formula is C26H28F3N3O3S. The Kier molecular flexibility index (Phi) is 9.08. The van der Waals surface area contributed by atoms with E-state index in [1.165, 1.54) is 28.8 Å². The fourth-order valence-electron chi connectivity index (χ4n) is 3.51. The molecule has 36 heavy (non-hydrogen) atoms. The van der Waals surface area contributed by atoms with Gasteiger partial charge in [0.05, 0.1) is 30.5 Å².